The highest BCUT2D eigenvalue weighted by Gasteiger charge is 2.25. The van der Waals surface area contributed by atoms with Gasteiger partial charge in [-0.25, -0.2) is 15.0 Å². The number of piperazine rings is 1. The highest BCUT2D eigenvalue weighted by Crippen LogP contribution is 2.41. The molecule has 1 amide bonds. The number of halogens is 1. The van der Waals surface area contributed by atoms with E-state index in [-0.39, 0.29) is 11.9 Å². The van der Waals surface area contributed by atoms with Crippen LogP contribution in [0.15, 0.2) is 30.3 Å². The standard InChI is InChI=1S/C24H24ClN7OS/c1-13-12-26-21-20-14-3-4-16(28-15(14)5-6-17(20)34-22(21)24(33)27-13)23-29-18(25)11-19(30-23)32-9-7-31(2)8-10-32/h3-6,11,13,26H,7-10,12H2,1-2H3,(H,27,33)/t13-/m1/s1. The number of benzene rings is 1. The number of carbonyl (C=O) groups is 1. The number of hydrogen-bond acceptors (Lipinski definition) is 8. The number of hydrogen-bond donors (Lipinski definition) is 2. The fourth-order valence-corrected chi connectivity index (χ4v) is 5.84. The van der Waals surface area contributed by atoms with Crippen molar-refractivity contribution in [2.45, 2.75) is 13.0 Å². The van der Waals surface area contributed by atoms with Gasteiger partial charge in [-0.2, -0.15) is 0 Å². The van der Waals surface area contributed by atoms with Crippen LogP contribution in [0.4, 0.5) is 11.5 Å². The first-order valence-electron chi connectivity index (χ1n) is 11.4. The Balaban J connectivity index is 1.43. The summed E-state index contributed by atoms with van der Waals surface area (Å²) < 4.78 is 1.06. The molecule has 0 spiro atoms. The Bertz CT molecular complexity index is 1430. The summed E-state index contributed by atoms with van der Waals surface area (Å²) in [5, 5.41) is 8.94. The molecule has 0 radical (unpaired) electrons. The summed E-state index contributed by atoms with van der Waals surface area (Å²) in [7, 11) is 2.13. The van der Waals surface area contributed by atoms with Crippen LogP contribution in [0.2, 0.25) is 5.15 Å². The molecular weight excluding hydrogens is 470 g/mol. The van der Waals surface area contributed by atoms with E-state index in [0.29, 0.717) is 28.1 Å². The number of nitrogens with one attached hydrogen (secondary N) is 2. The first-order valence-corrected chi connectivity index (χ1v) is 12.5. The zero-order valence-corrected chi connectivity index (χ0v) is 20.5. The van der Waals surface area contributed by atoms with Crippen molar-refractivity contribution in [3.8, 4) is 11.5 Å². The number of carbonyl (C=O) groups excluding carboxylic acids is 1. The molecule has 3 aromatic heterocycles. The van der Waals surface area contributed by atoms with Crippen LogP contribution in [0.3, 0.4) is 0 Å². The van der Waals surface area contributed by atoms with Gasteiger partial charge in [0.05, 0.1) is 11.2 Å². The lowest BCUT2D eigenvalue weighted by atomic mass is 10.1. The molecule has 1 atom stereocenters. The molecule has 0 saturated carbocycles. The van der Waals surface area contributed by atoms with Gasteiger partial charge in [0.25, 0.3) is 5.91 Å². The molecule has 2 aliphatic rings. The van der Waals surface area contributed by atoms with Crippen molar-refractivity contribution < 1.29 is 4.79 Å². The first kappa shape index (κ1) is 21.5. The molecule has 1 aromatic carbocycles. The summed E-state index contributed by atoms with van der Waals surface area (Å²) in [6.07, 6.45) is 0. The van der Waals surface area contributed by atoms with Crippen LogP contribution in [0.1, 0.15) is 16.6 Å². The van der Waals surface area contributed by atoms with Crippen LogP contribution in [0.5, 0.6) is 0 Å². The summed E-state index contributed by atoms with van der Waals surface area (Å²) in [5.41, 5.74) is 2.39. The molecule has 10 heteroatoms. The maximum absolute atomic E-state index is 12.7. The van der Waals surface area contributed by atoms with Crippen molar-refractivity contribution in [1.82, 2.24) is 25.2 Å². The number of rotatable bonds is 2. The summed E-state index contributed by atoms with van der Waals surface area (Å²) in [6.45, 7) is 6.44. The smallest absolute Gasteiger partial charge is 0.263 e. The second-order valence-corrected chi connectivity index (χ2v) is 10.4. The zero-order chi connectivity index (χ0) is 23.4. The van der Waals surface area contributed by atoms with E-state index in [1.807, 2.05) is 37.3 Å². The predicted molar refractivity (Wildman–Crippen MR) is 138 cm³/mol. The van der Waals surface area contributed by atoms with Crippen LogP contribution in [-0.2, 0) is 0 Å². The number of nitrogens with zero attached hydrogens (tertiary/aromatic N) is 5. The lowest BCUT2D eigenvalue weighted by molar-refractivity contribution is 0.0949. The molecule has 0 bridgehead atoms. The Morgan fingerprint density at radius 3 is 2.74 bits per heavy atom. The van der Waals surface area contributed by atoms with Crippen LogP contribution >= 0.6 is 22.9 Å². The molecule has 8 nitrogen and oxygen atoms in total. The molecule has 174 valence electrons. The molecule has 2 aliphatic heterocycles. The average Bonchev–Trinajstić information content (AvgIpc) is 3.15. The number of aromatic nitrogens is 3. The van der Waals surface area contributed by atoms with Gasteiger partial charge < -0.3 is 20.4 Å². The van der Waals surface area contributed by atoms with Crippen molar-refractivity contribution in [1.29, 1.82) is 0 Å². The largest absolute Gasteiger partial charge is 0.381 e. The Kier molecular flexibility index (Phi) is 5.28. The van der Waals surface area contributed by atoms with E-state index in [4.69, 9.17) is 21.6 Å². The molecule has 1 fully saturated rings. The van der Waals surface area contributed by atoms with Gasteiger partial charge in [0.1, 0.15) is 21.5 Å². The number of likely N-dealkylation sites (N-methyl/N-ethyl adjacent to an activating group) is 1. The lowest BCUT2D eigenvalue weighted by Gasteiger charge is -2.33. The van der Waals surface area contributed by atoms with E-state index < -0.39 is 0 Å². The summed E-state index contributed by atoms with van der Waals surface area (Å²) in [5.74, 6) is 1.31. The molecule has 5 heterocycles. The first-order chi connectivity index (χ1) is 16.5. The van der Waals surface area contributed by atoms with Gasteiger partial charge in [-0.15, -0.1) is 11.3 Å². The SMILES string of the molecule is C[C@@H]1CNc2c(sc3ccc4nc(-c5nc(Cl)cc(N6CCN(C)CC6)n5)ccc4c23)C(=O)N1. The van der Waals surface area contributed by atoms with E-state index in [2.05, 4.69) is 32.5 Å². The highest BCUT2D eigenvalue weighted by atomic mass is 35.5. The fraction of sp³-hybridized carbons (Fsp3) is 0.333. The van der Waals surface area contributed by atoms with Gasteiger partial charge in [-0.05, 0) is 38.2 Å². The van der Waals surface area contributed by atoms with Crippen molar-refractivity contribution in [2.75, 3.05) is 50.0 Å². The third kappa shape index (κ3) is 3.73. The van der Waals surface area contributed by atoms with Crippen molar-refractivity contribution in [3.63, 3.8) is 0 Å². The van der Waals surface area contributed by atoms with Crippen LogP contribution < -0.4 is 15.5 Å². The van der Waals surface area contributed by atoms with Crippen LogP contribution in [-0.4, -0.2) is 71.6 Å². The lowest BCUT2D eigenvalue weighted by Crippen LogP contribution is -2.44. The van der Waals surface area contributed by atoms with Gasteiger partial charge in [0.15, 0.2) is 5.82 Å². The maximum atomic E-state index is 12.7. The molecule has 4 aromatic rings. The molecule has 0 aliphatic carbocycles. The van der Waals surface area contributed by atoms with E-state index in [1.165, 1.54) is 11.3 Å². The number of thiophene rings is 1. The highest BCUT2D eigenvalue weighted by molar-refractivity contribution is 7.21. The monoisotopic (exact) mass is 493 g/mol. The minimum absolute atomic E-state index is 0.0322. The zero-order valence-electron chi connectivity index (χ0n) is 18.9. The van der Waals surface area contributed by atoms with Gasteiger partial charge in [-0.1, -0.05) is 11.6 Å². The Morgan fingerprint density at radius 1 is 1.09 bits per heavy atom. The van der Waals surface area contributed by atoms with Gasteiger partial charge >= 0.3 is 0 Å². The van der Waals surface area contributed by atoms with Crippen molar-refractivity contribution in [2.24, 2.45) is 0 Å². The number of amides is 1. The van der Waals surface area contributed by atoms with Gasteiger partial charge in [0.2, 0.25) is 0 Å². The van der Waals surface area contributed by atoms with Crippen LogP contribution in [0, 0.1) is 0 Å². The third-order valence-corrected chi connectivity index (χ3v) is 7.78. The molecule has 2 N–H and O–H groups in total. The minimum Gasteiger partial charge on any atom is -0.381 e. The normalized spacial score (nSPS) is 19.1. The average molecular weight is 494 g/mol. The molecular formula is C24H24ClN7OS. The second-order valence-electron chi connectivity index (χ2n) is 8.93. The van der Waals surface area contributed by atoms with Crippen molar-refractivity contribution >= 4 is 61.3 Å². The Hall–Kier alpha value is -3.01. The fourth-order valence-electron chi connectivity index (χ4n) is 4.57. The van der Waals surface area contributed by atoms with E-state index in [1.54, 1.807) is 0 Å². The van der Waals surface area contributed by atoms with Gasteiger partial charge in [-0.3, -0.25) is 4.79 Å². The minimum atomic E-state index is -0.0322. The topological polar surface area (TPSA) is 86.3 Å². The van der Waals surface area contributed by atoms with E-state index >= 15 is 0 Å². The molecule has 34 heavy (non-hydrogen) atoms. The predicted octanol–water partition coefficient (Wildman–Crippen LogP) is 3.86. The number of anilines is 2. The number of pyridine rings is 1. The summed E-state index contributed by atoms with van der Waals surface area (Å²) in [6, 6.07) is 9.88. The molecule has 6 rings (SSSR count). The molecule has 1 saturated heterocycles. The Labute approximate surface area is 206 Å². The molecule has 0 unspecified atom stereocenters. The summed E-state index contributed by atoms with van der Waals surface area (Å²) >= 11 is 7.89. The summed E-state index contributed by atoms with van der Waals surface area (Å²) in [4.78, 5) is 32.1. The van der Waals surface area contributed by atoms with Crippen molar-refractivity contribution in [3.05, 3.63) is 40.4 Å². The van der Waals surface area contributed by atoms with Gasteiger partial charge in [0, 0.05) is 60.3 Å². The third-order valence-electron chi connectivity index (χ3n) is 6.43. The van der Waals surface area contributed by atoms with Crippen LogP contribution in [0.25, 0.3) is 32.5 Å². The van der Waals surface area contributed by atoms with E-state index in [0.717, 1.165) is 58.7 Å². The van der Waals surface area contributed by atoms with E-state index in [9.17, 15) is 4.79 Å². The number of fused-ring (bicyclic) bond motifs is 5. The maximum Gasteiger partial charge on any atom is 0.263 e. The quantitative estimate of drug-likeness (QED) is 0.410. The second kappa shape index (κ2) is 8.33. The Morgan fingerprint density at radius 2 is 1.91 bits per heavy atom.